The predicted molar refractivity (Wildman–Crippen MR) is 154 cm³/mol. The smallest absolute Gasteiger partial charge is 0.242 e. The van der Waals surface area contributed by atoms with Crippen molar-refractivity contribution in [3.8, 4) is 0 Å². The summed E-state index contributed by atoms with van der Waals surface area (Å²) in [5.41, 5.74) is 3.26. The second-order valence-corrected chi connectivity index (χ2v) is 12.6. The van der Waals surface area contributed by atoms with Gasteiger partial charge in [0.15, 0.2) is 0 Å². The third-order valence-corrected chi connectivity index (χ3v) is 8.96. The number of nitrogens with zero attached hydrogens (tertiary/aromatic N) is 2. The van der Waals surface area contributed by atoms with Gasteiger partial charge in [-0.05, 0) is 68.9 Å². The summed E-state index contributed by atoms with van der Waals surface area (Å²) in [4.78, 5) is 28.3. The highest BCUT2D eigenvalue weighted by molar-refractivity contribution is 7.92. The standard InChI is InChI=1S/C29H40ClN3O4S/c1-21-12-10-17-27(22(21)2)33(38(4,36)37)19-11-18-28(34)32(20-24-13-8-9-16-26(24)30)23(3)29(35)31-25-14-6-5-7-15-25/h8-10,12-13,16-17,23,25H,5-7,11,14-15,18-20H2,1-4H3,(H,31,35). The molecule has 1 aliphatic rings. The molecule has 2 aromatic rings. The van der Waals surface area contributed by atoms with Gasteiger partial charge in [-0.3, -0.25) is 13.9 Å². The van der Waals surface area contributed by atoms with Crippen LogP contribution in [0.3, 0.4) is 0 Å². The third-order valence-electron chi connectivity index (χ3n) is 7.41. The number of aryl methyl sites for hydroxylation is 1. The van der Waals surface area contributed by atoms with Crippen LogP contribution in [0.2, 0.25) is 5.02 Å². The monoisotopic (exact) mass is 561 g/mol. The Morgan fingerprint density at radius 1 is 1.05 bits per heavy atom. The Labute approximate surface area is 232 Å². The van der Waals surface area contributed by atoms with E-state index in [1.807, 2.05) is 44.2 Å². The van der Waals surface area contributed by atoms with Crippen molar-refractivity contribution < 1.29 is 18.0 Å². The summed E-state index contributed by atoms with van der Waals surface area (Å²) in [6, 6.07) is 12.3. The SMILES string of the molecule is Cc1cccc(N(CCCC(=O)N(Cc2ccccc2Cl)C(C)C(=O)NC2CCCCC2)S(C)(=O)=O)c1C. The van der Waals surface area contributed by atoms with Crippen molar-refractivity contribution in [2.24, 2.45) is 0 Å². The van der Waals surface area contributed by atoms with Crippen LogP contribution >= 0.6 is 11.6 Å². The van der Waals surface area contributed by atoms with Crippen LogP contribution in [0.1, 0.15) is 68.6 Å². The molecule has 2 amide bonds. The average Bonchev–Trinajstić information content (AvgIpc) is 2.87. The largest absolute Gasteiger partial charge is 0.352 e. The molecule has 9 heteroatoms. The highest BCUT2D eigenvalue weighted by Gasteiger charge is 2.29. The highest BCUT2D eigenvalue weighted by atomic mass is 35.5. The molecule has 1 unspecified atom stereocenters. The minimum Gasteiger partial charge on any atom is -0.352 e. The van der Waals surface area contributed by atoms with Gasteiger partial charge in [0.1, 0.15) is 6.04 Å². The van der Waals surface area contributed by atoms with E-state index < -0.39 is 16.1 Å². The summed E-state index contributed by atoms with van der Waals surface area (Å²) >= 11 is 6.39. The lowest BCUT2D eigenvalue weighted by Gasteiger charge is -2.32. The van der Waals surface area contributed by atoms with Crippen LogP contribution in [0.5, 0.6) is 0 Å². The number of nitrogens with one attached hydrogen (secondary N) is 1. The molecule has 2 aromatic carbocycles. The molecule has 0 saturated heterocycles. The van der Waals surface area contributed by atoms with Gasteiger partial charge in [0, 0.05) is 30.6 Å². The van der Waals surface area contributed by atoms with E-state index in [-0.39, 0.29) is 37.4 Å². The summed E-state index contributed by atoms with van der Waals surface area (Å²) in [7, 11) is -3.55. The van der Waals surface area contributed by atoms with Gasteiger partial charge in [-0.15, -0.1) is 0 Å². The number of rotatable bonds is 11. The van der Waals surface area contributed by atoms with Gasteiger partial charge in [0.05, 0.1) is 11.9 Å². The first-order valence-electron chi connectivity index (χ1n) is 13.4. The molecule has 0 radical (unpaired) electrons. The number of halogens is 1. The van der Waals surface area contributed by atoms with Gasteiger partial charge in [-0.25, -0.2) is 8.42 Å². The Morgan fingerprint density at radius 2 is 1.74 bits per heavy atom. The van der Waals surface area contributed by atoms with Crippen LogP contribution in [-0.4, -0.2) is 50.0 Å². The van der Waals surface area contributed by atoms with Crippen molar-refractivity contribution in [2.75, 3.05) is 17.1 Å². The first kappa shape index (κ1) is 30.0. The topological polar surface area (TPSA) is 86.8 Å². The normalized spacial score (nSPS) is 15.1. The van der Waals surface area contributed by atoms with Crippen molar-refractivity contribution in [1.82, 2.24) is 10.2 Å². The lowest BCUT2D eigenvalue weighted by atomic mass is 9.95. The van der Waals surface area contributed by atoms with Gasteiger partial charge in [0.25, 0.3) is 0 Å². The molecule has 0 heterocycles. The minimum atomic E-state index is -3.55. The summed E-state index contributed by atoms with van der Waals surface area (Å²) in [6.07, 6.45) is 6.88. The van der Waals surface area contributed by atoms with Gasteiger partial charge in [-0.2, -0.15) is 0 Å². The van der Waals surface area contributed by atoms with Gasteiger partial charge < -0.3 is 10.2 Å². The molecule has 1 saturated carbocycles. The quantitative estimate of drug-likeness (QED) is 0.399. The summed E-state index contributed by atoms with van der Waals surface area (Å²) in [5, 5.41) is 3.66. The van der Waals surface area contributed by atoms with Crippen LogP contribution < -0.4 is 9.62 Å². The number of hydrogen-bond donors (Lipinski definition) is 1. The van der Waals surface area contributed by atoms with E-state index in [2.05, 4.69) is 5.32 Å². The number of sulfonamides is 1. The van der Waals surface area contributed by atoms with Crippen LogP contribution in [0.25, 0.3) is 0 Å². The second kappa shape index (κ2) is 13.5. The molecule has 208 valence electrons. The molecular weight excluding hydrogens is 522 g/mol. The Morgan fingerprint density at radius 3 is 2.39 bits per heavy atom. The van der Waals surface area contributed by atoms with E-state index in [0.717, 1.165) is 42.4 Å². The molecule has 38 heavy (non-hydrogen) atoms. The number of benzene rings is 2. The first-order valence-corrected chi connectivity index (χ1v) is 15.6. The van der Waals surface area contributed by atoms with E-state index in [0.29, 0.717) is 17.1 Å². The van der Waals surface area contributed by atoms with Gasteiger partial charge in [-0.1, -0.05) is 61.2 Å². The molecular formula is C29H40ClN3O4S. The van der Waals surface area contributed by atoms with E-state index in [1.165, 1.54) is 17.0 Å². The molecule has 1 N–H and O–H groups in total. The zero-order valence-corrected chi connectivity index (χ0v) is 24.4. The van der Waals surface area contributed by atoms with E-state index in [1.54, 1.807) is 24.0 Å². The zero-order chi connectivity index (χ0) is 27.9. The molecule has 0 bridgehead atoms. The maximum absolute atomic E-state index is 13.5. The van der Waals surface area contributed by atoms with Crippen LogP contribution in [-0.2, 0) is 26.2 Å². The average molecular weight is 562 g/mol. The number of carbonyl (C=O) groups excluding carboxylic acids is 2. The summed E-state index contributed by atoms with van der Waals surface area (Å²) in [6.45, 7) is 5.94. The molecule has 0 aliphatic heterocycles. The van der Waals surface area contributed by atoms with E-state index in [9.17, 15) is 18.0 Å². The Bertz CT molecular complexity index is 1230. The van der Waals surface area contributed by atoms with E-state index >= 15 is 0 Å². The van der Waals surface area contributed by atoms with Crippen molar-refractivity contribution in [2.45, 2.75) is 84.3 Å². The van der Waals surface area contributed by atoms with Crippen LogP contribution in [0, 0.1) is 13.8 Å². The van der Waals surface area contributed by atoms with E-state index in [4.69, 9.17) is 11.6 Å². The van der Waals surface area contributed by atoms with Crippen molar-refractivity contribution in [3.63, 3.8) is 0 Å². The number of amides is 2. The van der Waals surface area contributed by atoms with Crippen molar-refractivity contribution >= 4 is 39.1 Å². The number of carbonyl (C=O) groups is 2. The predicted octanol–water partition coefficient (Wildman–Crippen LogP) is 5.37. The molecule has 7 nitrogen and oxygen atoms in total. The zero-order valence-electron chi connectivity index (χ0n) is 22.9. The fourth-order valence-corrected chi connectivity index (χ4v) is 6.16. The molecule has 1 atom stereocenters. The van der Waals surface area contributed by atoms with Crippen molar-refractivity contribution in [3.05, 3.63) is 64.2 Å². The molecule has 0 spiro atoms. The Kier molecular flexibility index (Phi) is 10.6. The lowest BCUT2D eigenvalue weighted by Crippen LogP contribution is -2.50. The van der Waals surface area contributed by atoms with Gasteiger partial charge >= 0.3 is 0 Å². The fraction of sp³-hybridized carbons (Fsp3) is 0.517. The Hall–Kier alpha value is -2.58. The Balaban J connectivity index is 1.75. The number of hydrogen-bond acceptors (Lipinski definition) is 4. The fourth-order valence-electron chi connectivity index (χ4n) is 4.95. The van der Waals surface area contributed by atoms with Gasteiger partial charge in [0.2, 0.25) is 21.8 Å². The molecule has 1 aliphatic carbocycles. The molecule has 1 fully saturated rings. The summed E-state index contributed by atoms with van der Waals surface area (Å²) < 4.78 is 26.6. The highest BCUT2D eigenvalue weighted by Crippen LogP contribution is 2.26. The first-order chi connectivity index (χ1) is 18.0. The van der Waals surface area contributed by atoms with Crippen molar-refractivity contribution in [1.29, 1.82) is 0 Å². The van der Waals surface area contributed by atoms with Crippen LogP contribution in [0.15, 0.2) is 42.5 Å². The minimum absolute atomic E-state index is 0.0996. The summed E-state index contributed by atoms with van der Waals surface area (Å²) in [5.74, 6) is -0.393. The second-order valence-electron chi connectivity index (χ2n) is 10.3. The maximum Gasteiger partial charge on any atom is 0.242 e. The van der Waals surface area contributed by atoms with Crippen LogP contribution in [0.4, 0.5) is 5.69 Å². The number of anilines is 1. The maximum atomic E-state index is 13.5. The molecule has 0 aromatic heterocycles. The lowest BCUT2D eigenvalue weighted by molar-refractivity contribution is -0.141. The third kappa shape index (κ3) is 7.96. The molecule has 3 rings (SSSR count).